The largest absolute Gasteiger partial charge is 0.494 e. The van der Waals surface area contributed by atoms with E-state index in [9.17, 15) is 9.59 Å². The lowest BCUT2D eigenvalue weighted by molar-refractivity contribution is -0.124. The molecule has 1 N–H and O–H groups in total. The summed E-state index contributed by atoms with van der Waals surface area (Å²) in [7, 11) is -0.483. The van der Waals surface area contributed by atoms with Crippen molar-refractivity contribution in [1.29, 1.82) is 0 Å². The fourth-order valence-corrected chi connectivity index (χ4v) is 3.11. The van der Waals surface area contributed by atoms with Gasteiger partial charge in [0.1, 0.15) is 5.60 Å². The number of carbonyl (C=O) groups is 2. The Morgan fingerprint density at radius 2 is 1.72 bits per heavy atom. The van der Waals surface area contributed by atoms with E-state index in [2.05, 4.69) is 5.32 Å². The Bertz CT molecular complexity index is 781. The van der Waals surface area contributed by atoms with Gasteiger partial charge >= 0.3 is 13.2 Å². The van der Waals surface area contributed by atoms with E-state index in [0.717, 1.165) is 5.46 Å². The van der Waals surface area contributed by atoms with Gasteiger partial charge in [0.2, 0.25) is 5.91 Å². The molecule has 2 amide bonds. The summed E-state index contributed by atoms with van der Waals surface area (Å²) in [5.41, 5.74) is 0.142. The normalized spacial score (nSPS) is 20.9. The molecule has 2 saturated heterocycles. The van der Waals surface area contributed by atoms with Crippen molar-refractivity contribution < 1.29 is 23.6 Å². The first-order valence-corrected chi connectivity index (χ1v) is 10.0. The average molecular weight is 402 g/mol. The third-order valence-corrected chi connectivity index (χ3v) is 5.58. The minimum atomic E-state index is -0.543. The summed E-state index contributed by atoms with van der Waals surface area (Å²) >= 11 is 0. The molecule has 2 aliphatic rings. The third kappa shape index (κ3) is 4.75. The number of likely N-dealkylation sites (tertiary alicyclic amines) is 1. The van der Waals surface area contributed by atoms with Crippen LogP contribution in [0.2, 0.25) is 0 Å². The molecule has 0 bridgehead atoms. The molecule has 0 atom stereocenters. The number of nitrogens with one attached hydrogen (secondary N) is 1. The number of amides is 2. The van der Waals surface area contributed by atoms with E-state index in [0.29, 0.717) is 18.8 Å². The van der Waals surface area contributed by atoms with Gasteiger partial charge in [-0.3, -0.25) is 4.79 Å². The maximum Gasteiger partial charge on any atom is 0.494 e. The standard InChI is InChI=1S/C21H31BN2O5/c1-19(2,3)27-18(26)24-12-14(13-24)17(25)23-16-10-8-9-15(11-16)22-28-20(4,5)21(6,7)29-22/h8-11,14H,12-13H2,1-7H3,(H,23,25). The Labute approximate surface area is 173 Å². The molecule has 0 aliphatic carbocycles. The minimum Gasteiger partial charge on any atom is -0.444 e. The second-order valence-electron chi connectivity index (χ2n) is 9.79. The molecule has 1 aromatic rings. The molecule has 1 aromatic carbocycles. The first kappa shape index (κ1) is 21.6. The van der Waals surface area contributed by atoms with E-state index in [1.165, 1.54) is 4.90 Å². The van der Waals surface area contributed by atoms with Gasteiger partial charge in [-0.25, -0.2) is 4.79 Å². The van der Waals surface area contributed by atoms with Crippen LogP contribution in [-0.4, -0.2) is 53.9 Å². The number of hydrogen-bond acceptors (Lipinski definition) is 5. The van der Waals surface area contributed by atoms with Crippen molar-refractivity contribution >= 4 is 30.3 Å². The highest BCUT2D eigenvalue weighted by molar-refractivity contribution is 6.62. The number of benzene rings is 1. The molecule has 7 nitrogen and oxygen atoms in total. The highest BCUT2D eigenvalue weighted by atomic mass is 16.7. The highest BCUT2D eigenvalue weighted by Crippen LogP contribution is 2.36. The van der Waals surface area contributed by atoms with Crippen molar-refractivity contribution in [3.8, 4) is 0 Å². The molecule has 0 saturated carbocycles. The summed E-state index contributed by atoms with van der Waals surface area (Å²) in [6, 6.07) is 7.48. The maximum atomic E-state index is 12.5. The molecular formula is C21H31BN2O5. The Morgan fingerprint density at radius 1 is 1.14 bits per heavy atom. The fraction of sp³-hybridized carbons (Fsp3) is 0.619. The maximum absolute atomic E-state index is 12.5. The number of hydrogen-bond donors (Lipinski definition) is 1. The van der Waals surface area contributed by atoms with Crippen molar-refractivity contribution in [2.75, 3.05) is 18.4 Å². The first-order chi connectivity index (χ1) is 13.3. The monoisotopic (exact) mass is 402 g/mol. The van der Waals surface area contributed by atoms with Gasteiger partial charge in [-0.05, 0) is 66.1 Å². The zero-order valence-corrected chi connectivity index (χ0v) is 18.4. The van der Waals surface area contributed by atoms with Crippen LogP contribution in [0.5, 0.6) is 0 Å². The Morgan fingerprint density at radius 3 is 2.28 bits per heavy atom. The SMILES string of the molecule is CC(C)(C)OC(=O)N1CC(C(=O)Nc2cccc(B3OC(C)(C)C(C)(C)O3)c2)C1. The molecule has 29 heavy (non-hydrogen) atoms. The zero-order chi connectivity index (χ0) is 21.6. The van der Waals surface area contributed by atoms with Crippen LogP contribution >= 0.6 is 0 Å². The van der Waals surface area contributed by atoms with Gasteiger partial charge in [-0.2, -0.15) is 0 Å². The summed E-state index contributed by atoms with van der Waals surface area (Å²) in [4.78, 5) is 26.1. The zero-order valence-electron chi connectivity index (χ0n) is 18.4. The number of ether oxygens (including phenoxy) is 1. The van der Waals surface area contributed by atoms with Crippen LogP contribution in [-0.2, 0) is 18.8 Å². The Balaban J connectivity index is 1.57. The molecule has 8 heteroatoms. The van der Waals surface area contributed by atoms with Gasteiger partial charge < -0.3 is 24.3 Å². The predicted octanol–water partition coefficient (Wildman–Crippen LogP) is 2.79. The highest BCUT2D eigenvalue weighted by Gasteiger charge is 2.51. The van der Waals surface area contributed by atoms with Crippen LogP contribution in [0.25, 0.3) is 0 Å². The Hall–Kier alpha value is -2.06. The lowest BCUT2D eigenvalue weighted by Crippen LogP contribution is -2.55. The first-order valence-electron chi connectivity index (χ1n) is 10.0. The van der Waals surface area contributed by atoms with Gasteiger partial charge in [-0.1, -0.05) is 12.1 Å². The van der Waals surface area contributed by atoms with Crippen LogP contribution < -0.4 is 10.8 Å². The van der Waals surface area contributed by atoms with E-state index in [1.807, 2.05) is 72.7 Å². The van der Waals surface area contributed by atoms with Gasteiger partial charge in [0.05, 0.1) is 17.1 Å². The second-order valence-corrected chi connectivity index (χ2v) is 9.79. The molecule has 2 fully saturated rings. The molecule has 3 rings (SSSR count). The van der Waals surface area contributed by atoms with Gasteiger partial charge in [0.15, 0.2) is 0 Å². The van der Waals surface area contributed by atoms with Crippen molar-refractivity contribution in [3.05, 3.63) is 24.3 Å². The molecule has 0 radical (unpaired) electrons. The summed E-state index contributed by atoms with van der Waals surface area (Å²) in [6.45, 7) is 14.2. The molecule has 0 spiro atoms. The lowest BCUT2D eigenvalue weighted by Gasteiger charge is -2.38. The van der Waals surface area contributed by atoms with Crippen molar-refractivity contribution in [2.45, 2.75) is 65.3 Å². The number of carbonyl (C=O) groups excluding carboxylic acids is 2. The summed E-state index contributed by atoms with van der Waals surface area (Å²) in [6.07, 6.45) is -0.385. The molecule has 0 aromatic heterocycles. The summed E-state index contributed by atoms with van der Waals surface area (Å²) in [5, 5.41) is 2.93. The van der Waals surface area contributed by atoms with E-state index in [-0.39, 0.29) is 17.9 Å². The van der Waals surface area contributed by atoms with Crippen LogP contribution in [0.4, 0.5) is 10.5 Å². The number of rotatable bonds is 3. The fourth-order valence-electron chi connectivity index (χ4n) is 3.11. The van der Waals surface area contributed by atoms with Crippen LogP contribution in [0.15, 0.2) is 24.3 Å². The molecule has 0 unspecified atom stereocenters. The van der Waals surface area contributed by atoms with E-state index in [1.54, 1.807) is 0 Å². The minimum absolute atomic E-state index is 0.115. The summed E-state index contributed by atoms with van der Waals surface area (Å²) in [5.74, 6) is -0.362. The lowest BCUT2D eigenvalue weighted by atomic mass is 9.79. The van der Waals surface area contributed by atoms with Crippen LogP contribution in [0.1, 0.15) is 48.5 Å². The Kier molecular flexibility index (Phi) is 5.47. The van der Waals surface area contributed by atoms with E-state index < -0.39 is 23.9 Å². The smallest absolute Gasteiger partial charge is 0.444 e. The van der Waals surface area contributed by atoms with Gasteiger partial charge in [0, 0.05) is 18.8 Å². The molecule has 158 valence electrons. The van der Waals surface area contributed by atoms with Crippen molar-refractivity contribution in [3.63, 3.8) is 0 Å². The van der Waals surface area contributed by atoms with Crippen LogP contribution in [0.3, 0.4) is 0 Å². The van der Waals surface area contributed by atoms with Gasteiger partial charge in [0.25, 0.3) is 0 Å². The molecule has 2 heterocycles. The van der Waals surface area contributed by atoms with E-state index in [4.69, 9.17) is 14.0 Å². The molecule has 2 aliphatic heterocycles. The predicted molar refractivity (Wildman–Crippen MR) is 112 cm³/mol. The van der Waals surface area contributed by atoms with Crippen molar-refractivity contribution in [1.82, 2.24) is 4.90 Å². The average Bonchev–Trinajstić information content (AvgIpc) is 2.72. The topological polar surface area (TPSA) is 77.1 Å². The van der Waals surface area contributed by atoms with Crippen LogP contribution in [0, 0.1) is 5.92 Å². The van der Waals surface area contributed by atoms with Gasteiger partial charge in [-0.15, -0.1) is 0 Å². The molecular weight excluding hydrogens is 371 g/mol. The third-order valence-electron chi connectivity index (χ3n) is 5.58. The van der Waals surface area contributed by atoms with Crippen molar-refractivity contribution in [2.24, 2.45) is 5.92 Å². The number of anilines is 1. The van der Waals surface area contributed by atoms with E-state index >= 15 is 0 Å². The second kappa shape index (κ2) is 7.33. The summed E-state index contributed by atoms with van der Waals surface area (Å²) < 4.78 is 17.5. The quantitative estimate of drug-likeness (QED) is 0.787. The number of nitrogens with zero attached hydrogens (tertiary/aromatic N) is 1.